The lowest BCUT2D eigenvalue weighted by molar-refractivity contribution is 0.218. The predicted molar refractivity (Wildman–Crippen MR) is 69.1 cm³/mol. The molecule has 1 aromatic heterocycles. The zero-order valence-electron chi connectivity index (χ0n) is 10.1. The van der Waals surface area contributed by atoms with Gasteiger partial charge in [-0.3, -0.25) is 5.32 Å². The van der Waals surface area contributed by atoms with Gasteiger partial charge in [0.1, 0.15) is 6.29 Å². The molecule has 0 amide bonds. The maximum absolute atomic E-state index is 12.0. The van der Waals surface area contributed by atoms with E-state index in [4.69, 9.17) is 5.73 Å². The normalized spacial score (nSPS) is 33.8. The minimum absolute atomic E-state index is 0.0333. The number of nitrogens with two attached hydrogens (primary N) is 1. The van der Waals surface area contributed by atoms with Crippen LogP contribution >= 0.6 is 11.3 Å². The maximum atomic E-state index is 12.0. The minimum Gasteiger partial charge on any atom is -0.303 e. The molecule has 3 N–H and O–H groups in total. The van der Waals surface area contributed by atoms with Crippen LogP contribution in [0.15, 0.2) is 11.4 Å². The summed E-state index contributed by atoms with van der Waals surface area (Å²) in [6.07, 6.45) is -0.680. The van der Waals surface area contributed by atoms with Gasteiger partial charge in [-0.15, -0.1) is 11.3 Å². The van der Waals surface area contributed by atoms with Gasteiger partial charge in [-0.1, -0.05) is 0 Å². The van der Waals surface area contributed by atoms with Crippen molar-refractivity contribution in [3.8, 4) is 0 Å². The van der Waals surface area contributed by atoms with Gasteiger partial charge in [0.15, 0.2) is 0 Å². The van der Waals surface area contributed by atoms with Crippen LogP contribution in [-0.2, 0) is 15.6 Å². The number of hydrogen-bond donors (Lipinski definition) is 2. The van der Waals surface area contributed by atoms with Crippen molar-refractivity contribution < 1.29 is 8.42 Å². The summed E-state index contributed by atoms with van der Waals surface area (Å²) in [6.45, 7) is 3.87. The van der Waals surface area contributed by atoms with Crippen LogP contribution in [0.1, 0.15) is 17.4 Å². The van der Waals surface area contributed by atoms with Gasteiger partial charge >= 0.3 is 0 Å². The Morgan fingerprint density at radius 1 is 1.65 bits per heavy atom. The van der Waals surface area contributed by atoms with E-state index in [0.717, 1.165) is 10.4 Å². The summed E-state index contributed by atoms with van der Waals surface area (Å²) < 4.78 is 25.2. The lowest BCUT2D eigenvalue weighted by atomic mass is 9.99. The average Bonchev–Trinajstić information content (AvgIpc) is 2.61. The van der Waals surface area contributed by atoms with Gasteiger partial charge in [0.2, 0.25) is 10.0 Å². The molecule has 0 radical (unpaired) electrons. The Kier molecular flexibility index (Phi) is 3.07. The lowest BCUT2D eigenvalue weighted by Crippen LogP contribution is -2.66. The molecular formula is C10H17N3O2S2. The van der Waals surface area contributed by atoms with Crippen LogP contribution in [0.2, 0.25) is 0 Å². The summed E-state index contributed by atoms with van der Waals surface area (Å²) in [5, 5.41) is 5.14. The fraction of sp³-hybridized carbons (Fsp3) is 0.600. The molecule has 2 heterocycles. The van der Waals surface area contributed by atoms with Crippen LogP contribution in [0.3, 0.4) is 0 Å². The fourth-order valence-electron chi connectivity index (χ4n) is 2.17. The van der Waals surface area contributed by atoms with Crippen molar-refractivity contribution in [3.05, 3.63) is 21.9 Å². The molecule has 0 bridgehead atoms. The Balaban J connectivity index is 2.44. The first-order valence-corrected chi connectivity index (χ1v) is 7.79. The first kappa shape index (κ1) is 13.0. The number of rotatable bonds is 1. The molecule has 1 aliphatic heterocycles. The topological polar surface area (TPSA) is 75.4 Å². The first-order chi connectivity index (χ1) is 7.76. The van der Waals surface area contributed by atoms with Crippen molar-refractivity contribution in [1.29, 1.82) is 0 Å². The van der Waals surface area contributed by atoms with Gasteiger partial charge in [0.25, 0.3) is 0 Å². The Morgan fingerprint density at radius 2 is 2.29 bits per heavy atom. The van der Waals surface area contributed by atoms with Crippen molar-refractivity contribution in [1.82, 2.24) is 9.62 Å². The Hall–Kier alpha value is -0.470. The Bertz CT molecular complexity index is 525. The summed E-state index contributed by atoms with van der Waals surface area (Å²) in [7, 11) is -1.81. The van der Waals surface area contributed by atoms with E-state index in [1.54, 1.807) is 11.3 Å². The monoisotopic (exact) mass is 275 g/mol. The van der Waals surface area contributed by atoms with E-state index in [2.05, 4.69) is 5.32 Å². The second-order valence-corrected chi connectivity index (χ2v) is 7.57. The second kappa shape index (κ2) is 4.03. The van der Waals surface area contributed by atoms with Crippen LogP contribution in [0.25, 0.3) is 0 Å². The van der Waals surface area contributed by atoms with Crippen LogP contribution < -0.4 is 11.1 Å². The number of thiophene rings is 1. The molecule has 2 rings (SSSR count). The quantitative estimate of drug-likeness (QED) is 0.777. The van der Waals surface area contributed by atoms with E-state index in [-0.39, 0.29) is 5.75 Å². The Labute approximate surface area is 106 Å². The highest BCUT2D eigenvalue weighted by molar-refractivity contribution is 7.89. The van der Waals surface area contributed by atoms with Gasteiger partial charge in [0, 0.05) is 11.9 Å². The predicted octanol–water partition coefficient (Wildman–Crippen LogP) is 0.379. The largest absolute Gasteiger partial charge is 0.303 e. The second-order valence-electron chi connectivity index (χ2n) is 4.63. The smallest absolute Gasteiger partial charge is 0.218 e. The van der Waals surface area contributed by atoms with Crippen LogP contribution in [-0.4, -0.2) is 31.8 Å². The summed E-state index contributed by atoms with van der Waals surface area (Å²) in [4.78, 5) is 1.03. The van der Waals surface area contributed by atoms with Gasteiger partial charge in [-0.25, -0.2) is 8.42 Å². The third kappa shape index (κ3) is 2.13. The molecule has 0 saturated carbocycles. The molecule has 17 heavy (non-hydrogen) atoms. The number of aryl methyl sites for hydroxylation is 1. The molecule has 1 aromatic rings. The fourth-order valence-corrected chi connectivity index (χ4v) is 4.87. The number of sulfonamides is 1. The maximum Gasteiger partial charge on any atom is 0.218 e. The number of nitrogens with zero attached hydrogens (tertiary/aromatic N) is 1. The van der Waals surface area contributed by atoms with E-state index in [1.807, 2.05) is 25.3 Å². The average molecular weight is 275 g/mol. The number of nitrogens with one attached hydrogen (secondary N) is 1. The highest BCUT2D eigenvalue weighted by atomic mass is 32.2. The van der Waals surface area contributed by atoms with Crippen molar-refractivity contribution in [2.45, 2.75) is 25.7 Å². The summed E-state index contributed by atoms with van der Waals surface area (Å²) in [5.41, 5.74) is 6.31. The molecule has 0 spiro atoms. The zero-order chi connectivity index (χ0) is 12.8. The molecular weight excluding hydrogens is 258 g/mol. The third-order valence-corrected chi connectivity index (χ3v) is 6.46. The summed E-state index contributed by atoms with van der Waals surface area (Å²) in [6, 6.07) is 1.99. The van der Waals surface area contributed by atoms with Crippen molar-refractivity contribution in [2.24, 2.45) is 5.73 Å². The number of hydrogen-bond acceptors (Lipinski definition) is 5. The molecule has 2 atom stereocenters. The van der Waals surface area contributed by atoms with Crippen LogP contribution in [0.5, 0.6) is 0 Å². The third-order valence-electron chi connectivity index (χ3n) is 3.13. The van der Waals surface area contributed by atoms with E-state index in [1.165, 1.54) is 11.4 Å². The van der Waals surface area contributed by atoms with Gasteiger partial charge in [-0.05, 0) is 30.9 Å². The molecule has 5 nitrogen and oxygen atoms in total. The van der Waals surface area contributed by atoms with Gasteiger partial charge in [0.05, 0.1) is 11.3 Å². The van der Waals surface area contributed by atoms with Gasteiger partial charge in [-0.2, -0.15) is 4.31 Å². The minimum atomic E-state index is -3.31. The molecule has 0 aromatic carbocycles. The van der Waals surface area contributed by atoms with Crippen LogP contribution in [0.4, 0.5) is 0 Å². The van der Waals surface area contributed by atoms with E-state index >= 15 is 0 Å². The highest BCUT2D eigenvalue weighted by Crippen LogP contribution is 2.33. The SMILES string of the molecule is Cc1ccsc1C1(C)CS(=O)(=O)N(C)C(N)N1. The standard InChI is InChI=1S/C10H17N3O2S2/c1-7-4-5-16-8(7)10(2)6-17(14,15)13(3)9(11)12-10/h4-5,9,12H,6,11H2,1-3H3. The zero-order valence-corrected chi connectivity index (χ0v) is 11.7. The molecule has 1 fully saturated rings. The molecule has 0 aliphatic carbocycles. The van der Waals surface area contributed by atoms with Crippen molar-refractivity contribution in [2.75, 3.05) is 12.8 Å². The van der Waals surface area contributed by atoms with Crippen LogP contribution in [0, 0.1) is 6.92 Å². The van der Waals surface area contributed by atoms with Crippen molar-refractivity contribution >= 4 is 21.4 Å². The van der Waals surface area contributed by atoms with Gasteiger partial charge < -0.3 is 5.73 Å². The molecule has 96 valence electrons. The van der Waals surface area contributed by atoms with E-state index in [9.17, 15) is 8.42 Å². The first-order valence-electron chi connectivity index (χ1n) is 5.30. The lowest BCUT2D eigenvalue weighted by Gasteiger charge is -2.42. The Morgan fingerprint density at radius 3 is 2.76 bits per heavy atom. The highest BCUT2D eigenvalue weighted by Gasteiger charge is 2.44. The molecule has 2 unspecified atom stereocenters. The molecule has 7 heteroatoms. The summed E-state index contributed by atoms with van der Waals surface area (Å²) >= 11 is 1.56. The van der Waals surface area contributed by atoms with E-state index in [0.29, 0.717) is 0 Å². The molecule has 1 saturated heterocycles. The molecule has 1 aliphatic rings. The van der Waals surface area contributed by atoms with Crippen molar-refractivity contribution in [3.63, 3.8) is 0 Å². The van der Waals surface area contributed by atoms with E-state index < -0.39 is 21.9 Å². The summed E-state index contributed by atoms with van der Waals surface area (Å²) in [5.74, 6) is 0.0333.